The monoisotopic (exact) mass is 692 g/mol. The predicted molar refractivity (Wildman–Crippen MR) is 201 cm³/mol. The quantitative estimate of drug-likeness (QED) is 0.114. The molecule has 1 N–H and O–H groups in total. The van der Waals surface area contributed by atoms with Crippen LogP contribution in [-0.4, -0.2) is 5.91 Å². The average Bonchev–Trinajstić information content (AvgIpc) is 3.11. The fraction of sp³-hybridized carbons (Fsp3) is 0. The van der Waals surface area contributed by atoms with Gasteiger partial charge in [0.1, 0.15) is 20.2 Å². The Morgan fingerprint density at radius 1 is 0.478 bits per heavy atom. The lowest BCUT2D eigenvalue weighted by Gasteiger charge is -2.31. The molecule has 0 saturated carbocycles. The summed E-state index contributed by atoms with van der Waals surface area (Å²) in [5.41, 5.74) is 1.43. The molecule has 1 amide bonds. The van der Waals surface area contributed by atoms with E-state index < -0.39 is 7.26 Å². The van der Waals surface area contributed by atoms with E-state index in [1.165, 1.54) is 0 Å². The minimum absolute atomic E-state index is 0.173. The van der Waals surface area contributed by atoms with Gasteiger partial charge in [-0.2, -0.15) is 0 Å². The van der Waals surface area contributed by atoms with Crippen molar-refractivity contribution in [1.82, 2.24) is 5.32 Å². The highest BCUT2D eigenvalue weighted by Gasteiger charge is 2.52. The number of hydrogen-bond acceptors (Lipinski definition) is 3. The fourth-order valence-electron chi connectivity index (χ4n) is 5.17. The van der Waals surface area contributed by atoms with E-state index in [0.717, 1.165) is 35.4 Å². The van der Waals surface area contributed by atoms with Crippen molar-refractivity contribution < 1.29 is 4.79 Å². The maximum absolute atomic E-state index is 14.3. The minimum Gasteiger partial charge on any atom is -0.291 e. The molecule has 0 radical (unpaired) electrons. The molecule has 0 aliphatic heterocycles. The molecule has 6 aromatic rings. The van der Waals surface area contributed by atoms with Crippen LogP contribution in [0.5, 0.6) is 0 Å². The Balaban J connectivity index is 1.72. The van der Waals surface area contributed by atoms with Gasteiger partial charge < -0.3 is 0 Å². The second-order valence-corrected chi connectivity index (χ2v) is 16.9. The molecule has 7 heteroatoms. The number of carbonyl (C=O) groups is 1. The zero-order valence-electron chi connectivity index (χ0n) is 24.6. The molecule has 0 unspecified atom stereocenters. The van der Waals surface area contributed by atoms with Crippen molar-refractivity contribution in [2.24, 2.45) is 0 Å². The Morgan fingerprint density at radius 2 is 0.826 bits per heavy atom. The summed E-state index contributed by atoms with van der Waals surface area (Å²) in [7, 11) is -2.73. The van der Waals surface area contributed by atoms with E-state index >= 15 is 0 Å². The van der Waals surface area contributed by atoms with Gasteiger partial charge in [-0.05, 0) is 97.1 Å². The van der Waals surface area contributed by atoms with Crippen LogP contribution in [-0.2, 0) is 0 Å². The van der Waals surface area contributed by atoms with Crippen LogP contribution in [0.3, 0.4) is 0 Å². The van der Waals surface area contributed by atoms with Crippen LogP contribution in [0, 0.1) is 0 Å². The van der Waals surface area contributed by atoms with E-state index in [9.17, 15) is 4.79 Å². The number of benzene rings is 6. The van der Waals surface area contributed by atoms with Crippen LogP contribution in [0.25, 0.3) is 0 Å². The van der Waals surface area contributed by atoms with Gasteiger partial charge >= 0.3 is 0 Å². The van der Waals surface area contributed by atoms with Gasteiger partial charge in [-0.25, -0.2) is 0 Å². The molecule has 46 heavy (non-hydrogen) atoms. The zero-order valence-corrected chi connectivity index (χ0v) is 28.6. The molecule has 0 heterocycles. The molecule has 6 rings (SSSR count). The first kappa shape index (κ1) is 32.2. The second-order valence-electron chi connectivity index (χ2n) is 10.2. The summed E-state index contributed by atoms with van der Waals surface area (Å²) in [4.78, 5) is 16.3. The van der Waals surface area contributed by atoms with Gasteiger partial charge in [0.05, 0.1) is 0 Å². The molecule has 0 spiro atoms. The van der Waals surface area contributed by atoms with Crippen molar-refractivity contribution in [2.45, 2.75) is 9.79 Å². The van der Waals surface area contributed by atoms with Crippen LogP contribution in [0.1, 0.15) is 10.4 Å². The van der Waals surface area contributed by atoms with Crippen molar-refractivity contribution in [3.8, 4) is 0 Å². The van der Waals surface area contributed by atoms with Crippen LogP contribution in [0.15, 0.2) is 189 Å². The molecule has 0 saturated heterocycles. The maximum atomic E-state index is 14.3. The van der Waals surface area contributed by atoms with Gasteiger partial charge in [0, 0.05) is 25.4 Å². The summed E-state index contributed by atoms with van der Waals surface area (Å²) in [6.45, 7) is 0. The minimum atomic E-state index is -2.73. The highest BCUT2D eigenvalue weighted by Crippen LogP contribution is 2.65. The average molecular weight is 694 g/mol. The largest absolute Gasteiger partial charge is 0.291 e. The van der Waals surface area contributed by atoms with Crippen molar-refractivity contribution >= 4 is 75.8 Å². The molecule has 0 fully saturated rings. The fourth-order valence-corrected chi connectivity index (χ4v) is 12.6. The van der Waals surface area contributed by atoms with E-state index in [-0.39, 0.29) is 5.91 Å². The molecule has 0 atom stereocenters. The number of carbonyl (C=O) groups excluding carboxylic acids is 1. The van der Waals surface area contributed by atoms with E-state index in [1.54, 1.807) is 23.5 Å². The van der Waals surface area contributed by atoms with Gasteiger partial charge in [0.2, 0.25) is 0 Å². The molecule has 0 bridgehead atoms. The highest BCUT2D eigenvalue weighted by molar-refractivity contribution is 8.23. The molecular formula is C39H29Cl2NOPS2+. The summed E-state index contributed by atoms with van der Waals surface area (Å²) in [6.07, 6.45) is 0. The smallest absolute Gasteiger partial charge is 0.258 e. The van der Waals surface area contributed by atoms with Crippen molar-refractivity contribution in [1.29, 1.82) is 0 Å². The Kier molecular flexibility index (Phi) is 10.7. The summed E-state index contributed by atoms with van der Waals surface area (Å²) in [6, 6.07) is 56.6. The van der Waals surface area contributed by atoms with E-state index in [2.05, 4.69) is 78.1 Å². The molecule has 6 aromatic carbocycles. The van der Waals surface area contributed by atoms with Gasteiger partial charge in [0.15, 0.2) is 12.7 Å². The molecule has 0 aromatic heterocycles. The zero-order chi connectivity index (χ0) is 31.8. The number of amides is 1. The lowest BCUT2D eigenvalue weighted by molar-refractivity contribution is 0.0968. The number of rotatable bonds is 10. The lowest BCUT2D eigenvalue weighted by Crippen LogP contribution is -2.38. The molecule has 2 nitrogen and oxygen atoms in total. The first-order valence-corrected chi connectivity index (χ1v) is 18.8. The lowest BCUT2D eigenvalue weighted by atomic mass is 10.2. The summed E-state index contributed by atoms with van der Waals surface area (Å²) in [5, 5.41) is 8.24. The first-order chi connectivity index (χ1) is 22.5. The first-order valence-electron chi connectivity index (χ1n) is 14.6. The summed E-state index contributed by atoms with van der Waals surface area (Å²) in [5.74, 6) is -0.173. The van der Waals surface area contributed by atoms with Gasteiger partial charge in [-0.1, -0.05) is 120 Å². The van der Waals surface area contributed by atoms with E-state index in [4.69, 9.17) is 23.2 Å². The third-order valence-corrected chi connectivity index (χ3v) is 14.6. The third-order valence-electron chi connectivity index (χ3n) is 7.28. The van der Waals surface area contributed by atoms with E-state index in [0.29, 0.717) is 15.6 Å². The molecule has 226 valence electrons. The number of halogens is 2. The molecule has 0 aliphatic carbocycles. The third kappa shape index (κ3) is 7.28. The Bertz CT molecular complexity index is 1780. The SMILES string of the molecule is O=C(NC(=C(Sc1ccc(Cl)cc1)Sc1ccc(Cl)cc1)[P+](c1ccccc1)(c1ccccc1)c1ccccc1)c1ccccc1. The Hall–Kier alpha value is -3.76. The van der Waals surface area contributed by atoms with E-state index in [1.807, 2.05) is 97.1 Å². The maximum Gasteiger partial charge on any atom is 0.258 e. The van der Waals surface area contributed by atoms with Crippen LogP contribution in [0.4, 0.5) is 0 Å². The van der Waals surface area contributed by atoms with Gasteiger partial charge in [-0.15, -0.1) is 0 Å². The van der Waals surface area contributed by atoms with Crippen molar-refractivity contribution in [3.05, 3.63) is 195 Å². The Morgan fingerprint density at radius 3 is 1.20 bits per heavy atom. The number of hydrogen-bond donors (Lipinski definition) is 1. The highest BCUT2D eigenvalue weighted by atomic mass is 35.5. The van der Waals surface area contributed by atoms with Crippen LogP contribution >= 0.6 is 54.0 Å². The van der Waals surface area contributed by atoms with Gasteiger partial charge in [-0.3, -0.25) is 10.1 Å². The topological polar surface area (TPSA) is 29.1 Å². The standard InChI is InChI=1S/C39H28Cl2NOPS2/c40-30-21-25-35(26-22-30)45-39(46-36-27-23-31(41)24-28-36)38(42-37(43)29-13-5-1-6-14-29)44(32-15-7-2-8-16-32,33-17-9-3-10-18-33)34-19-11-4-12-20-34/h1-28H/p+1. The molecule has 0 aliphatic rings. The van der Waals surface area contributed by atoms with Crippen molar-refractivity contribution in [3.63, 3.8) is 0 Å². The van der Waals surface area contributed by atoms with Crippen LogP contribution < -0.4 is 21.2 Å². The summed E-state index contributed by atoms with van der Waals surface area (Å²) >= 11 is 15.9. The summed E-state index contributed by atoms with van der Waals surface area (Å²) < 4.78 is 0.943. The second kappa shape index (κ2) is 15.2. The normalized spacial score (nSPS) is 11.1. The van der Waals surface area contributed by atoms with Crippen LogP contribution in [0.2, 0.25) is 10.0 Å². The predicted octanol–water partition coefficient (Wildman–Crippen LogP) is 10.4. The van der Waals surface area contributed by atoms with Crippen molar-refractivity contribution in [2.75, 3.05) is 0 Å². The number of nitrogens with one attached hydrogen (secondary N) is 1. The molecular weight excluding hydrogens is 664 g/mol. The number of thioether (sulfide) groups is 2. The van der Waals surface area contributed by atoms with Gasteiger partial charge in [0.25, 0.3) is 5.91 Å². The Labute approximate surface area is 289 Å².